The van der Waals surface area contributed by atoms with E-state index in [1.807, 2.05) is 43.4 Å². The van der Waals surface area contributed by atoms with E-state index in [-0.39, 0.29) is 49.2 Å². The predicted molar refractivity (Wildman–Crippen MR) is 180 cm³/mol. The van der Waals surface area contributed by atoms with E-state index in [4.69, 9.17) is 6.42 Å². The molecule has 0 unspecified atom stereocenters. The van der Waals surface area contributed by atoms with Gasteiger partial charge in [-0.25, -0.2) is 8.78 Å². The maximum absolute atomic E-state index is 14.0. The number of terminal acetylenes is 1. The second-order valence-electron chi connectivity index (χ2n) is 11.3. The summed E-state index contributed by atoms with van der Waals surface area (Å²) in [7, 11) is 2.04. The van der Waals surface area contributed by atoms with Crippen LogP contribution in [0.1, 0.15) is 65.2 Å². The number of benzene rings is 3. The van der Waals surface area contributed by atoms with E-state index in [1.165, 1.54) is 12.1 Å². The van der Waals surface area contributed by atoms with E-state index < -0.39 is 23.8 Å². The van der Waals surface area contributed by atoms with Crippen molar-refractivity contribution in [2.75, 3.05) is 20.1 Å². The van der Waals surface area contributed by atoms with Gasteiger partial charge < -0.3 is 20.6 Å². The minimum absolute atomic E-state index is 0. The summed E-state index contributed by atoms with van der Waals surface area (Å²) in [6.45, 7) is 3.94. The van der Waals surface area contributed by atoms with Gasteiger partial charge in [0, 0.05) is 40.3 Å². The van der Waals surface area contributed by atoms with E-state index in [1.54, 1.807) is 6.07 Å². The number of unbranched alkanes of at least 4 members (excludes halogenated alkanes) is 1. The molecule has 0 saturated heterocycles. The van der Waals surface area contributed by atoms with Crippen LogP contribution in [0.3, 0.4) is 0 Å². The van der Waals surface area contributed by atoms with Crippen LogP contribution in [0.25, 0.3) is 0 Å². The molecule has 1 saturated carbocycles. The highest BCUT2D eigenvalue weighted by molar-refractivity contribution is 9.10. The second-order valence-corrected chi connectivity index (χ2v) is 12.2. The number of rotatable bonds is 14. The molecule has 0 aliphatic heterocycles. The number of nitrogens with one attached hydrogen (secondary N) is 2. The first-order chi connectivity index (χ1) is 20.1. The summed E-state index contributed by atoms with van der Waals surface area (Å²) in [6, 6.07) is 15.7. The van der Waals surface area contributed by atoms with Crippen LogP contribution in [-0.2, 0) is 18.5 Å². The molecule has 4 rings (SSSR count). The first-order valence-electron chi connectivity index (χ1n) is 14.3. The Bertz CT molecular complexity index is 1430. The van der Waals surface area contributed by atoms with Crippen LogP contribution < -0.4 is 10.6 Å². The van der Waals surface area contributed by atoms with Crippen molar-refractivity contribution in [3.8, 4) is 12.3 Å². The first kappa shape index (κ1) is 37.7. The molecular formula is C34H40BrCl2F2N3O2. The Kier molecular flexibility index (Phi) is 14.8. The van der Waals surface area contributed by atoms with Crippen molar-refractivity contribution in [1.29, 1.82) is 0 Å². The van der Waals surface area contributed by atoms with E-state index >= 15 is 0 Å². The molecule has 1 aliphatic rings. The predicted octanol–water partition coefficient (Wildman–Crippen LogP) is 6.77. The first-order valence-corrected chi connectivity index (χ1v) is 15.1. The zero-order chi connectivity index (χ0) is 30.3. The summed E-state index contributed by atoms with van der Waals surface area (Å²) in [5, 5.41) is 17.7. The molecule has 3 aromatic rings. The van der Waals surface area contributed by atoms with Gasteiger partial charge in [0.2, 0.25) is 0 Å². The van der Waals surface area contributed by atoms with Crippen molar-refractivity contribution in [1.82, 2.24) is 15.5 Å². The molecule has 1 fully saturated rings. The van der Waals surface area contributed by atoms with Crippen molar-refractivity contribution in [3.63, 3.8) is 0 Å². The van der Waals surface area contributed by atoms with Gasteiger partial charge in [0.25, 0.3) is 5.91 Å². The maximum atomic E-state index is 14.0. The number of amides is 1. The summed E-state index contributed by atoms with van der Waals surface area (Å²) in [4.78, 5) is 15.7. The van der Waals surface area contributed by atoms with Crippen molar-refractivity contribution in [3.05, 3.63) is 105 Å². The van der Waals surface area contributed by atoms with E-state index in [0.717, 1.165) is 59.5 Å². The van der Waals surface area contributed by atoms with Gasteiger partial charge in [-0.05, 0) is 98.4 Å². The number of hydrogen-bond acceptors (Lipinski definition) is 4. The van der Waals surface area contributed by atoms with Gasteiger partial charge in [-0.3, -0.25) is 4.79 Å². The average molecular weight is 712 g/mol. The van der Waals surface area contributed by atoms with Crippen LogP contribution in [0.4, 0.5) is 8.78 Å². The van der Waals surface area contributed by atoms with Crippen LogP contribution >= 0.6 is 40.7 Å². The summed E-state index contributed by atoms with van der Waals surface area (Å²) in [5.74, 6) is 0.859. The molecule has 0 bridgehead atoms. The largest absolute Gasteiger partial charge is 0.390 e. The molecule has 3 aromatic carbocycles. The molecule has 3 N–H and O–H groups in total. The maximum Gasteiger partial charge on any atom is 0.251 e. The fourth-order valence-corrected chi connectivity index (χ4v) is 5.79. The third-order valence-electron chi connectivity index (χ3n) is 7.71. The molecule has 5 nitrogen and oxygen atoms in total. The number of nitrogens with zero attached hydrogens (tertiary/aromatic N) is 1. The van der Waals surface area contributed by atoms with Gasteiger partial charge in [-0.1, -0.05) is 47.3 Å². The van der Waals surface area contributed by atoms with Crippen molar-refractivity contribution in [2.24, 2.45) is 0 Å². The highest BCUT2D eigenvalue weighted by Crippen LogP contribution is 2.45. The average Bonchev–Trinajstić information content (AvgIpc) is 3.75. The second kappa shape index (κ2) is 17.3. The third-order valence-corrected chi connectivity index (χ3v) is 8.16. The van der Waals surface area contributed by atoms with Crippen molar-refractivity contribution >= 4 is 46.7 Å². The molecule has 10 heteroatoms. The fourth-order valence-electron chi connectivity index (χ4n) is 5.25. The highest BCUT2D eigenvalue weighted by Gasteiger charge is 2.44. The van der Waals surface area contributed by atoms with Crippen LogP contribution in [0.5, 0.6) is 0 Å². The summed E-state index contributed by atoms with van der Waals surface area (Å²) < 4.78 is 28.8. The minimum Gasteiger partial charge on any atom is -0.390 e. The van der Waals surface area contributed by atoms with Crippen LogP contribution in [0.15, 0.2) is 65.1 Å². The van der Waals surface area contributed by atoms with Gasteiger partial charge in [-0.2, -0.15) is 0 Å². The number of aliphatic hydroxyl groups excluding tert-OH is 1. The smallest absolute Gasteiger partial charge is 0.251 e. The van der Waals surface area contributed by atoms with Crippen LogP contribution in [0.2, 0.25) is 0 Å². The van der Waals surface area contributed by atoms with Crippen molar-refractivity contribution in [2.45, 2.75) is 63.3 Å². The topological polar surface area (TPSA) is 64.6 Å². The molecule has 0 spiro atoms. The molecule has 2 atom stereocenters. The van der Waals surface area contributed by atoms with E-state index in [2.05, 4.69) is 44.3 Å². The lowest BCUT2D eigenvalue weighted by Gasteiger charge is -2.27. The SMILES string of the molecule is C#Cc1cccc(C2(NC[C@@H](O)[C@H](Cc3cc(F)cc(F)c3)NC(=O)c3cc(Br)cc(CN(C)CCCC)c3)CC2)c1.Cl.Cl. The molecule has 0 aromatic heterocycles. The van der Waals surface area contributed by atoms with Crippen LogP contribution in [-0.4, -0.2) is 48.2 Å². The number of aliphatic hydroxyl groups is 1. The minimum atomic E-state index is -1.04. The lowest BCUT2D eigenvalue weighted by atomic mass is 9.98. The van der Waals surface area contributed by atoms with E-state index in [0.29, 0.717) is 17.7 Å². The Morgan fingerprint density at radius 1 is 1.09 bits per heavy atom. The Morgan fingerprint density at radius 3 is 2.43 bits per heavy atom. The lowest BCUT2D eigenvalue weighted by molar-refractivity contribution is 0.0821. The highest BCUT2D eigenvalue weighted by atomic mass is 79.9. The number of hydrogen-bond donors (Lipinski definition) is 3. The van der Waals surface area contributed by atoms with Crippen molar-refractivity contribution < 1.29 is 18.7 Å². The molecule has 1 amide bonds. The van der Waals surface area contributed by atoms with Gasteiger partial charge in [0.05, 0.1) is 12.1 Å². The quantitative estimate of drug-likeness (QED) is 0.162. The standard InChI is InChI=1S/C34H38BrF2N3O2.2ClH/c1-4-6-12-40(3)22-25-13-26(19-28(35)15-25)33(42)39-31(18-24-16-29(36)20-30(37)17-24)32(41)21-38-34(10-11-34)27-9-7-8-23(5-2)14-27;;/h2,7-9,13-17,19-20,31-32,38,41H,4,6,10-12,18,21-22H2,1,3H3,(H,39,42);2*1H/t31-,32+;;/m0../s1. The zero-order valence-corrected chi connectivity index (χ0v) is 28.1. The summed E-state index contributed by atoms with van der Waals surface area (Å²) in [5.41, 5.74) is 3.27. The summed E-state index contributed by atoms with van der Waals surface area (Å²) in [6.07, 6.45) is 8.54. The molecule has 0 heterocycles. The van der Waals surface area contributed by atoms with E-state index in [9.17, 15) is 18.7 Å². The lowest BCUT2D eigenvalue weighted by Crippen LogP contribution is -2.50. The molecule has 0 radical (unpaired) electrons. The van der Waals surface area contributed by atoms with Gasteiger partial charge in [0.1, 0.15) is 11.6 Å². The normalized spacial score (nSPS) is 14.5. The number of carbonyl (C=O) groups is 1. The Labute approximate surface area is 280 Å². The number of halogens is 5. The molecule has 1 aliphatic carbocycles. The molecular weight excluding hydrogens is 671 g/mol. The Hall–Kier alpha value is -2.51. The van der Waals surface area contributed by atoms with Gasteiger partial charge in [-0.15, -0.1) is 31.2 Å². The Morgan fingerprint density at radius 2 is 1.80 bits per heavy atom. The molecule has 238 valence electrons. The van der Waals surface area contributed by atoms with Crippen LogP contribution in [0, 0.1) is 24.0 Å². The monoisotopic (exact) mass is 709 g/mol. The molecule has 44 heavy (non-hydrogen) atoms. The fraction of sp³-hybridized carbons (Fsp3) is 0.382. The third kappa shape index (κ3) is 10.5. The zero-order valence-electron chi connectivity index (χ0n) is 24.9. The number of carbonyl (C=O) groups excluding carboxylic acids is 1. The van der Waals surface area contributed by atoms with Gasteiger partial charge >= 0.3 is 0 Å². The van der Waals surface area contributed by atoms with Gasteiger partial charge in [0.15, 0.2) is 0 Å². The summed E-state index contributed by atoms with van der Waals surface area (Å²) >= 11 is 3.52. The Balaban J connectivity index is 0.00000337.